The molecule has 23 heavy (non-hydrogen) atoms. The molecule has 0 atom stereocenters. The van der Waals surface area contributed by atoms with Crippen LogP contribution in [0.4, 0.5) is 0 Å². The van der Waals surface area contributed by atoms with E-state index in [0.717, 1.165) is 5.56 Å². The predicted molar refractivity (Wildman–Crippen MR) is 93.4 cm³/mol. The minimum Gasteiger partial charge on any atom is -0.336 e. The number of rotatable bonds is 8. The van der Waals surface area contributed by atoms with E-state index in [-0.39, 0.29) is 31.0 Å². The molecule has 0 saturated carbocycles. The highest BCUT2D eigenvalue weighted by molar-refractivity contribution is 7.88. The van der Waals surface area contributed by atoms with Crippen molar-refractivity contribution in [3.8, 4) is 0 Å². The molecule has 0 fully saturated rings. The van der Waals surface area contributed by atoms with Crippen LogP contribution in [0.2, 0.25) is 0 Å². The zero-order valence-electron chi connectivity index (χ0n) is 14.7. The van der Waals surface area contributed by atoms with Crippen LogP contribution in [0.5, 0.6) is 0 Å². The lowest BCUT2D eigenvalue weighted by atomic mass is 10.1. The largest absolute Gasteiger partial charge is 0.336 e. The maximum absolute atomic E-state index is 12.5. The number of hydrogen-bond acceptors (Lipinski definition) is 3. The normalized spacial score (nSPS) is 12.2. The van der Waals surface area contributed by atoms with Crippen LogP contribution in [0.3, 0.4) is 0 Å². The van der Waals surface area contributed by atoms with Crippen molar-refractivity contribution >= 4 is 15.9 Å². The fraction of sp³-hybridized carbons (Fsp3) is 0.588. The molecule has 1 amide bonds. The van der Waals surface area contributed by atoms with E-state index >= 15 is 0 Å². The van der Waals surface area contributed by atoms with Crippen LogP contribution < -0.4 is 0 Å². The van der Waals surface area contributed by atoms with Crippen molar-refractivity contribution in [1.82, 2.24) is 9.21 Å². The highest BCUT2D eigenvalue weighted by Crippen LogP contribution is 2.12. The topological polar surface area (TPSA) is 57.7 Å². The van der Waals surface area contributed by atoms with Gasteiger partial charge in [0.2, 0.25) is 15.9 Å². The second-order valence-electron chi connectivity index (χ2n) is 6.32. The van der Waals surface area contributed by atoms with Crippen LogP contribution in [-0.2, 0) is 21.4 Å². The summed E-state index contributed by atoms with van der Waals surface area (Å²) >= 11 is 0. The summed E-state index contributed by atoms with van der Waals surface area (Å²) in [6.07, 6.45) is 1.37. The zero-order valence-corrected chi connectivity index (χ0v) is 15.5. The SMILES string of the molecule is CC(C)N(Cc1ccccc1)C(=O)CCN(C(C)C)S(C)(=O)=O. The molecule has 5 nitrogen and oxygen atoms in total. The molecule has 0 saturated heterocycles. The van der Waals surface area contributed by atoms with Crippen LogP contribution in [0.15, 0.2) is 30.3 Å². The number of hydrogen-bond donors (Lipinski definition) is 0. The van der Waals surface area contributed by atoms with E-state index in [1.54, 1.807) is 4.90 Å². The summed E-state index contributed by atoms with van der Waals surface area (Å²) in [5.74, 6) is -0.0295. The van der Waals surface area contributed by atoms with Gasteiger partial charge in [0.05, 0.1) is 6.26 Å². The molecule has 0 bridgehead atoms. The first-order chi connectivity index (χ1) is 10.6. The number of carbonyl (C=O) groups excluding carboxylic acids is 1. The maximum atomic E-state index is 12.5. The van der Waals surface area contributed by atoms with Crippen LogP contribution >= 0.6 is 0 Å². The third-order valence-electron chi connectivity index (χ3n) is 3.69. The van der Waals surface area contributed by atoms with Gasteiger partial charge in [-0.2, -0.15) is 4.31 Å². The first kappa shape index (κ1) is 19.6. The summed E-state index contributed by atoms with van der Waals surface area (Å²) < 4.78 is 24.9. The van der Waals surface area contributed by atoms with Crippen LogP contribution in [0.1, 0.15) is 39.7 Å². The number of carbonyl (C=O) groups is 1. The zero-order chi connectivity index (χ0) is 17.6. The van der Waals surface area contributed by atoms with E-state index in [2.05, 4.69) is 0 Å². The molecule has 1 aromatic rings. The standard InChI is InChI=1S/C17H28N2O3S/c1-14(2)18(13-16-9-7-6-8-10-16)17(20)11-12-19(15(3)4)23(5,21)22/h6-10,14-15H,11-13H2,1-5H3. The Balaban J connectivity index is 2.75. The van der Waals surface area contributed by atoms with Gasteiger partial charge in [0.1, 0.15) is 0 Å². The van der Waals surface area contributed by atoms with Crippen LogP contribution in [0, 0.1) is 0 Å². The van der Waals surface area contributed by atoms with Crippen LogP contribution in [-0.4, -0.2) is 48.4 Å². The average Bonchev–Trinajstić information content (AvgIpc) is 2.43. The van der Waals surface area contributed by atoms with Crippen molar-refractivity contribution in [2.24, 2.45) is 0 Å². The van der Waals surface area contributed by atoms with Crippen LogP contribution in [0.25, 0.3) is 0 Å². The summed E-state index contributed by atoms with van der Waals surface area (Å²) in [7, 11) is -3.30. The molecule has 0 aliphatic heterocycles. The Labute approximate surface area is 140 Å². The van der Waals surface area contributed by atoms with E-state index in [4.69, 9.17) is 0 Å². The molecule has 0 N–H and O–H groups in total. The second-order valence-corrected chi connectivity index (χ2v) is 8.25. The van der Waals surface area contributed by atoms with E-state index in [1.165, 1.54) is 10.6 Å². The van der Waals surface area contributed by atoms with Gasteiger partial charge in [0.25, 0.3) is 0 Å². The van der Waals surface area contributed by atoms with Crippen molar-refractivity contribution in [3.63, 3.8) is 0 Å². The van der Waals surface area contributed by atoms with Gasteiger partial charge in [0, 0.05) is 31.6 Å². The minimum absolute atomic E-state index is 0.0295. The van der Waals surface area contributed by atoms with Gasteiger partial charge in [-0.15, -0.1) is 0 Å². The molecular weight excluding hydrogens is 312 g/mol. The number of amides is 1. The van der Waals surface area contributed by atoms with Gasteiger partial charge in [-0.25, -0.2) is 8.42 Å². The highest BCUT2D eigenvalue weighted by Gasteiger charge is 2.23. The number of nitrogens with zero attached hydrogens (tertiary/aromatic N) is 2. The highest BCUT2D eigenvalue weighted by atomic mass is 32.2. The molecule has 0 radical (unpaired) electrons. The average molecular weight is 340 g/mol. The first-order valence-corrected chi connectivity index (χ1v) is 9.78. The first-order valence-electron chi connectivity index (χ1n) is 7.93. The predicted octanol–water partition coefficient (Wildman–Crippen LogP) is 2.48. The lowest BCUT2D eigenvalue weighted by Gasteiger charge is -2.29. The quantitative estimate of drug-likeness (QED) is 0.730. The van der Waals surface area contributed by atoms with E-state index in [1.807, 2.05) is 58.0 Å². The fourth-order valence-electron chi connectivity index (χ4n) is 2.50. The Hall–Kier alpha value is -1.40. The third kappa shape index (κ3) is 6.31. The molecule has 0 spiro atoms. The van der Waals surface area contributed by atoms with Crippen molar-refractivity contribution in [2.75, 3.05) is 12.8 Å². The third-order valence-corrected chi connectivity index (χ3v) is 5.14. The summed E-state index contributed by atoms with van der Waals surface area (Å²) in [6.45, 7) is 8.33. The van der Waals surface area contributed by atoms with E-state index in [9.17, 15) is 13.2 Å². The van der Waals surface area contributed by atoms with Crippen molar-refractivity contribution in [2.45, 2.75) is 52.7 Å². The van der Waals surface area contributed by atoms with Crippen molar-refractivity contribution < 1.29 is 13.2 Å². The van der Waals surface area contributed by atoms with Gasteiger partial charge >= 0.3 is 0 Å². The van der Waals surface area contributed by atoms with Gasteiger partial charge in [0.15, 0.2) is 0 Å². The van der Waals surface area contributed by atoms with E-state index in [0.29, 0.717) is 6.54 Å². The molecule has 1 rings (SSSR count). The monoisotopic (exact) mass is 340 g/mol. The lowest BCUT2D eigenvalue weighted by molar-refractivity contribution is -0.133. The van der Waals surface area contributed by atoms with Crippen molar-refractivity contribution in [3.05, 3.63) is 35.9 Å². The Morgan fingerprint density at radius 3 is 2.04 bits per heavy atom. The molecule has 1 aromatic carbocycles. The van der Waals surface area contributed by atoms with E-state index < -0.39 is 10.0 Å². The molecule has 0 aliphatic rings. The molecule has 0 aromatic heterocycles. The summed E-state index contributed by atoms with van der Waals surface area (Å²) in [5.41, 5.74) is 1.07. The minimum atomic E-state index is -3.30. The molecule has 130 valence electrons. The van der Waals surface area contributed by atoms with Gasteiger partial charge in [-0.3, -0.25) is 4.79 Å². The fourth-order valence-corrected chi connectivity index (χ4v) is 3.68. The second kappa shape index (κ2) is 8.45. The summed E-state index contributed by atoms with van der Waals surface area (Å²) in [5, 5.41) is 0. The molecule has 0 aliphatic carbocycles. The van der Waals surface area contributed by atoms with Crippen molar-refractivity contribution in [1.29, 1.82) is 0 Å². The molecule has 6 heteroatoms. The van der Waals surface area contributed by atoms with Gasteiger partial charge < -0.3 is 4.90 Å². The smallest absolute Gasteiger partial charge is 0.224 e. The molecular formula is C17H28N2O3S. The number of benzene rings is 1. The Morgan fingerprint density at radius 1 is 1.04 bits per heavy atom. The Kier molecular flexibility index (Phi) is 7.22. The summed E-state index contributed by atoms with van der Waals surface area (Å²) in [6, 6.07) is 9.72. The van der Waals surface area contributed by atoms with Gasteiger partial charge in [-0.1, -0.05) is 30.3 Å². The lowest BCUT2D eigenvalue weighted by Crippen LogP contribution is -2.41. The Morgan fingerprint density at radius 2 is 1.61 bits per heavy atom. The molecule has 0 heterocycles. The Bertz CT molecular complexity index is 598. The number of sulfonamides is 1. The summed E-state index contributed by atoms with van der Waals surface area (Å²) in [4.78, 5) is 14.3. The van der Waals surface area contributed by atoms with Gasteiger partial charge in [-0.05, 0) is 33.3 Å². The molecule has 0 unspecified atom stereocenters. The maximum Gasteiger partial charge on any atom is 0.224 e.